The van der Waals surface area contributed by atoms with Gasteiger partial charge in [-0.2, -0.15) is 0 Å². The van der Waals surface area contributed by atoms with Crippen LogP contribution in [0.25, 0.3) is 10.8 Å². The maximum absolute atomic E-state index is 6.24. The molecule has 0 fully saturated rings. The summed E-state index contributed by atoms with van der Waals surface area (Å²) in [6, 6.07) is 8.23. The molecule has 0 saturated heterocycles. The predicted molar refractivity (Wildman–Crippen MR) is 74.4 cm³/mol. The van der Waals surface area contributed by atoms with Crippen LogP contribution in [0.1, 0.15) is 31.4 Å². The third-order valence-electron chi connectivity index (χ3n) is 3.04. The Morgan fingerprint density at radius 3 is 3.00 bits per heavy atom. The zero-order chi connectivity index (χ0) is 12.8. The first-order chi connectivity index (χ1) is 8.83. The lowest BCUT2D eigenvalue weighted by molar-refractivity contribution is 0.128. The fourth-order valence-corrected chi connectivity index (χ4v) is 2.07. The first kappa shape index (κ1) is 13.0. The molecule has 1 heterocycles. The number of hydrogen-bond acceptors (Lipinski definition) is 3. The number of ether oxygens (including phenoxy) is 1. The van der Waals surface area contributed by atoms with E-state index in [9.17, 15) is 0 Å². The van der Waals surface area contributed by atoms with Gasteiger partial charge in [-0.15, -0.1) is 0 Å². The van der Waals surface area contributed by atoms with Crippen LogP contribution in [0.15, 0.2) is 36.7 Å². The van der Waals surface area contributed by atoms with Crippen LogP contribution in [0.5, 0.6) is 0 Å². The standard InChI is InChI=1S/C15H20N2O/c1-2-9-18-10-7-15(16)13-5-3-4-12-6-8-17-11-14(12)13/h3-6,8,11,15H,2,7,9-10,16H2,1H3. The molecule has 0 aliphatic carbocycles. The van der Waals surface area contributed by atoms with Crippen LogP contribution in [0, 0.1) is 0 Å². The van der Waals surface area contributed by atoms with Crippen LogP contribution in [0.2, 0.25) is 0 Å². The summed E-state index contributed by atoms with van der Waals surface area (Å²) in [7, 11) is 0. The molecule has 0 amide bonds. The maximum Gasteiger partial charge on any atom is 0.0484 e. The van der Waals surface area contributed by atoms with Crippen LogP contribution in [0.4, 0.5) is 0 Å². The van der Waals surface area contributed by atoms with E-state index in [0.717, 1.165) is 30.4 Å². The van der Waals surface area contributed by atoms with E-state index >= 15 is 0 Å². The van der Waals surface area contributed by atoms with Crippen molar-refractivity contribution in [3.8, 4) is 0 Å². The quantitative estimate of drug-likeness (QED) is 0.794. The number of nitrogens with zero attached hydrogens (tertiary/aromatic N) is 1. The lowest BCUT2D eigenvalue weighted by atomic mass is 9.99. The molecule has 0 radical (unpaired) electrons. The molecule has 2 rings (SSSR count). The van der Waals surface area contributed by atoms with E-state index in [1.54, 1.807) is 0 Å². The van der Waals surface area contributed by atoms with Crippen LogP contribution in [0.3, 0.4) is 0 Å². The van der Waals surface area contributed by atoms with Gasteiger partial charge in [0.05, 0.1) is 0 Å². The first-order valence-corrected chi connectivity index (χ1v) is 6.49. The van der Waals surface area contributed by atoms with E-state index in [2.05, 4.69) is 24.0 Å². The monoisotopic (exact) mass is 244 g/mol. The van der Waals surface area contributed by atoms with Crippen molar-refractivity contribution in [1.29, 1.82) is 0 Å². The lowest BCUT2D eigenvalue weighted by Crippen LogP contribution is -2.13. The lowest BCUT2D eigenvalue weighted by Gasteiger charge is -2.14. The van der Waals surface area contributed by atoms with E-state index in [1.165, 1.54) is 5.39 Å². The molecular weight excluding hydrogens is 224 g/mol. The van der Waals surface area contributed by atoms with Gasteiger partial charge in [-0.1, -0.05) is 25.1 Å². The number of rotatable bonds is 6. The smallest absolute Gasteiger partial charge is 0.0484 e. The van der Waals surface area contributed by atoms with E-state index in [1.807, 2.05) is 24.5 Å². The zero-order valence-corrected chi connectivity index (χ0v) is 10.8. The fourth-order valence-electron chi connectivity index (χ4n) is 2.07. The average molecular weight is 244 g/mol. The van der Waals surface area contributed by atoms with Crippen LogP contribution in [-0.4, -0.2) is 18.2 Å². The Bertz CT molecular complexity index is 493. The van der Waals surface area contributed by atoms with Gasteiger partial charge < -0.3 is 10.5 Å². The van der Waals surface area contributed by atoms with E-state index in [0.29, 0.717) is 6.61 Å². The minimum atomic E-state index is 0.00903. The van der Waals surface area contributed by atoms with E-state index in [-0.39, 0.29) is 6.04 Å². The second-order valence-electron chi connectivity index (χ2n) is 4.45. The van der Waals surface area contributed by atoms with Gasteiger partial charge in [-0.3, -0.25) is 4.98 Å². The normalized spacial score (nSPS) is 12.8. The highest BCUT2D eigenvalue weighted by atomic mass is 16.5. The molecule has 2 N–H and O–H groups in total. The predicted octanol–water partition coefficient (Wildman–Crippen LogP) is 3.05. The zero-order valence-electron chi connectivity index (χ0n) is 10.8. The van der Waals surface area contributed by atoms with Crippen molar-refractivity contribution in [3.63, 3.8) is 0 Å². The summed E-state index contributed by atoms with van der Waals surface area (Å²) in [5.41, 5.74) is 7.39. The van der Waals surface area contributed by atoms with Crippen molar-refractivity contribution in [2.75, 3.05) is 13.2 Å². The van der Waals surface area contributed by atoms with Crippen LogP contribution in [-0.2, 0) is 4.74 Å². The SMILES string of the molecule is CCCOCCC(N)c1cccc2ccncc12. The summed E-state index contributed by atoms with van der Waals surface area (Å²) in [6.45, 7) is 3.63. The Morgan fingerprint density at radius 2 is 2.17 bits per heavy atom. The molecule has 1 atom stereocenters. The van der Waals surface area contributed by atoms with Crippen molar-refractivity contribution < 1.29 is 4.74 Å². The van der Waals surface area contributed by atoms with E-state index in [4.69, 9.17) is 10.5 Å². The summed E-state index contributed by atoms with van der Waals surface area (Å²) in [4.78, 5) is 4.18. The van der Waals surface area contributed by atoms with Gasteiger partial charge in [-0.05, 0) is 29.9 Å². The largest absolute Gasteiger partial charge is 0.381 e. The number of pyridine rings is 1. The average Bonchev–Trinajstić information content (AvgIpc) is 2.43. The highest BCUT2D eigenvalue weighted by Crippen LogP contribution is 2.23. The summed E-state index contributed by atoms with van der Waals surface area (Å²) in [5.74, 6) is 0. The molecule has 3 heteroatoms. The molecule has 2 aromatic rings. The number of fused-ring (bicyclic) bond motifs is 1. The number of aromatic nitrogens is 1. The molecule has 0 aliphatic rings. The summed E-state index contributed by atoms with van der Waals surface area (Å²) in [5, 5.41) is 2.33. The van der Waals surface area contributed by atoms with Gasteiger partial charge in [0.15, 0.2) is 0 Å². The molecule has 3 nitrogen and oxygen atoms in total. The maximum atomic E-state index is 6.24. The van der Waals surface area contributed by atoms with Gasteiger partial charge in [-0.25, -0.2) is 0 Å². The fraction of sp³-hybridized carbons (Fsp3) is 0.400. The minimum Gasteiger partial charge on any atom is -0.381 e. The van der Waals surface area contributed by atoms with Crippen LogP contribution < -0.4 is 5.73 Å². The topological polar surface area (TPSA) is 48.1 Å². The highest BCUT2D eigenvalue weighted by molar-refractivity contribution is 5.85. The van der Waals surface area contributed by atoms with Gasteiger partial charge in [0.2, 0.25) is 0 Å². The second kappa shape index (κ2) is 6.47. The Kier molecular flexibility index (Phi) is 4.67. The third kappa shape index (κ3) is 3.06. The minimum absolute atomic E-state index is 0.00903. The number of nitrogens with two attached hydrogens (primary N) is 1. The second-order valence-corrected chi connectivity index (χ2v) is 4.45. The Hall–Kier alpha value is -1.45. The molecule has 1 unspecified atom stereocenters. The van der Waals surface area contributed by atoms with Crippen molar-refractivity contribution in [1.82, 2.24) is 4.98 Å². The molecule has 18 heavy (non-hydrogen) atoms. The van der Waals surface area contributed by atoms with Crippen LogP contribution >= 0.6 is 0 Å². The molecule has 0 aliphatic heterocycles. The number of benzene rings is 1. The van der Waals surface area contributed by atoms with Crippen molar-refractivity contribution in [3.05, 3.63) is 42.2 Å². The summed E-state index contributed by atoms with van der Waals surface area (Å²) < 4.78 is 5.49. The third-order valence-corrected chi connectivity index (χ3v) is 3.04. The molecule has 0 saturated carbocycles. The molecule has 1 aromatic heterocycles. The molecule has 96 valence electrons. The molecule has 0 spiro atoms. The molecule has 0 bridgehead atoms. The Morgan fingerprint density at radius 1 is 1.28 bits per heavy atom. The van der Waals surface area contributed by atoms with Gasteiger partial charge in [0.1, 0.15) is 0 Å². The van der Waals surface area contributed by atoms with Crippen molar-refractivity contribution in [2.24, 2.45) is 5.73 Å². The molecular formula is C15H20N2O. The Labute approximate surface area is 108 Å². The highest BCUT2D eigenvalue weighted by Gasteiger charge is 2.09. The van der Waals surface area contributed by atoms with Crippen molar-refractivity contribution >= 4 is 10.8 Å². The van der Waals surface area contributed by atoms with Gasteiger partial charge in [0, 0.05) is 37.0 Å². The summed E-state index contributed by atoms with van der Waals surface area (Å²) in [6.07, 6.45) is 5.58. The van der Waals surface area contributed by atoms with Gasteiger partial charge in [0.25, 0.3) is 0 Å². The van der Waals surface area contributed by atoms with Gasteiger partial charge >= 0.3 is 0 Å². The molecule has 1 aromatic carbocycles. The number of hydrogen-bond donors (Lipinski definition) is 1. The first-order valence-electron chi connectivity index (χ1n) is 6.49. The van der Waals surface area contributed by atoms with Crippen molar-refractivity contribution in [2.45, 2.75) is 25.8 Å². The summed E-state index contributed by atoms with van der Waals surface area (Å²) >= 11 is 0. The Balaban J connectivity index is 2.10. The van der Waals surface area contributed by atoms with E-state index < -0.39 is 0 Å².